The van der Waals surface area contributed by atoms with Crippen LogP contribution in [0.25, 0.3) is 0 Å². The van der Waals surface area contributed by atoms with E-state index in [4.69, 9.17) is 4.43 Å². The van der Waals surface area contributed by atoms with Crippen molar-refractivity contribution in [2.75, 3.05) is 4.43 Å². The van der Waals surface area contributed by atoms with Crippen LogP contribution in [-0.4, -0.2) is 18.8 Å². The van der Waals surface area contributed by atoms with Gasteiger partial charge in [-0.3, -0.25) is 0 Å². The highest BCUT2D eigenvalue weighted by atomic mass is 127. The second-order valence-corrected chi connectivity index (χ2v) is 15.4. The van der Waals surface area contributed by atoms with Gasteiger partial charge >= 0.3 is 0 Å². The molecular formula is C19H37IOSi. The first kappa shape index (κ1) is 19.2. The Morgan fingerprint density at radius 1 is 1.23 bits per heavy atom. The summed E-state index contributed by atoms with van der Waals surface area (Å²) >= 11 is 2.59. The molecule has 0 aromatic heterocycles. The van der Waals surface area contributed by atoms with Crippen molar-refractivity contribution in [2.24, 2.45) is 23.2 Å². The molecule has 1 unspecified atom stereocenters. The fourth-order valence-corrected chi connectivity index (χ4v) is 6.90. The van der Waals surface area contributed by atoms with Crippen molar-refractivity contribution >= 4 is 30.9 Å². The lowest BCUT2D eigenvalue weighted by Crippen LogP contribution is -2.50. The van der Waals surface area contributed by atoms with Gasteiger partial charge in [0.25, 0.3) is 0 Å². The maximum atomic E-state index is 6.92. The summed E-state index contributed by atoms with van der Waals surface area (Å²) in [7, 11) is -1.64. The lowest BCUT2D eigenvalue weighted by molar-refractivity contribution is -0.0179. The molecule has 0 aromatic rings. The van der Waals surface area contributed by atoms with E-state index in [0.29, 0.717) is 16.6 Å². The van der Waals surface area contributed by atoms with Crippen LogP contribution in [0.1, 0.15) is 66.7 Å². The first-order chi connectivity index (χ1) is 10.0. The van der Waals surface area contributed by atoms with Crippen molar-refractivity contribution in [3.05, 3.63) is 0 Å². The van der Waals surface area contributed by atoms with Crippen molar-refractivity contribution < 1.29 is 4.43 Å². The molecule has 0 amide bonds. The normalized spacial score (nSPS) is 37.9. The first-order valence-electron chi connectivity index (χ1n) is 9.27. The summed E-state index contributed by atoms with van der Waals surface area (Å²) in [6, 6.07) is 0. The minimum atomic E-state index is -1.64. The summed E-state index contributed by atoms with van der Waals surface area (Å²) < 4.78 is 8.23. The number of rotatable bonds is 4. The van der Waals surface area contributed by atoms with Gasteiger partial charge in [-0.05, 0) is 67.0 Å². The molecule has 1 nitrogen and oxygen atoms in total. The van der Waals surface area contributed by atoms with Crippen molar-refractivity contribution in [1.82, 2.24) is 0 Å². The molecule has 22 heavy (non-hydrogen) atoms. The monoisotopic (exact) mass is 436 g/mol. The molecule has 3 heteroatoms. The van der Waals surface area contributed by atoms with Gasteiger partial charge in [0, 0.05) is 10.5 Å². The number of hydrogen-bond acceptors (Lipinski definition) is 1. The van der Waals surface area contributed by atoms with Crippen LogP contribution >= 0.6 is 22.6 Å². The molecule has 2 aliphatic carbocycles. The summed E-state index contributed by atoms with van der Waals surface area (Å²) in [4.78, 5) is 0. The standard InChI is InChI=1S/C19H37IOSi/c1-14(13-20)15-10-11-16-17(9-8-12-19(15,16)5)21-22(6,7)18(2,3)4/h14-17H,8-13H2,1-7H3/t14-,15+,16-,17?,19+/m0/s1. The molecule has 0 bridgehead atoms. The molecule has 0 spiro atoms. The van der Waals surface area contributed by atoms with Crippen LogP contribution in [0.15, 0.2) is 0 Å². The minimum absolute atomic E-state index is 0.328. The highest BCUT2D eigenvalue weighted by molar-refractivity contribution is 14.1. The molecule has 0 aromatic carbocycles. The highest BCUT2D eigenvalue weighted by Crippen LogP contribution is 2.59. The van der Waals surface area contributed by atoms with Crippen LogP contribution in [0.2, 0.25) is 18.1 Å². The van der Waals surface area contributed by atoms with Gasteiger partial charge in [0.1, 0.15) is 0 Å². The van der Waals surface area contributed by atoms with Gasteiger partial charge < -0.3 is 4.43 Å². The van der Waals surface area contributed by atoms with E-state index in [2.05, 4.69) is 70.3 Å². The van der Waals surface area contributed by atoms with Gasteiger partial charge in [-0.15, -0.1) is 0 Å². The molecule has 2 rings (SSSR count). The third-order valence-corrected chi connectivity index (χ3v) is 13.2. The topological polar surface area (TPSA) is 9.23 Å². The maximum Gasteiger partial charge on any atom is 0.192 e. The van der Waals surface area contributed by atoms with Crippen LogP contribution in [-0.2, 0) is 4.43 Å². The van der Waals surface area contributed by atoms with Gasteiger partial charge in [0.2, 0.25) is 0 Å². The second-order valence-electron chi connectivity index (χ2n) is 9.74. The average Bonchev–Trinajstić information content (AvgIpc) is 2.74. The number of halogens is 1. The van der Waals surface area contributed by atoms with Gasteiger partial charge in [-0.25, -0.2) is 0 Å². The van der Waals surface area contributed by atoms with E-state index in [-0.39, 0.29) is 0 Å². The van der Waals surface area contributed by atoms with Crippen LogP contribution < -0.4 is 0 Å². The summed E-state index contributed by atoms with van der Waals surface area (Å²) in [6.45, 7) is 17.0. The molecular weight excluding hydrogens is 399 g/mol. The molecule has 0 radical (unpaired) electrons. The van der Waals surface area contributed by atoms with E-state index in [0.717, 1.165) is 17.8 Å². The molecule has 0 aliphatic heterocycles. The highest BCUT2D eigenvalue weighted by Gasteiger charge is 2.54. The summed E-state index contributed by atoms with van der Waals surface area (Å²) in [6.07, 6.45) is 7.48. The van der Waals surface area contributed by atoms with Crippen LogP contribution in [0.5, 0.6) is 0 Å². The first-order valence-corrected chi connectivity index (χ1v) is 13.7. The Kier molecular flexibility index (Phi) is 5.83. The zero-order valence-electron chi connectivity index (χ0n) is 15.8. The fraction of sp³-hybridized carbons (Fsp3) is 1.00. The van der Waals surface area contributed by atoms with E-state index in [9.17, 15) is 0 Å². The molecule has 0 heterocycles. The smallest absolute Gasteiger partial charge is 0.192 e. The fourth-order valence-electron chi connectivity index (χ4n) is 4.90. The van der Waals surface area contributed by atoms with Crippen LogP contribution in [0.3, 0.4) is 0 Å². The molecule has 5 atom stereocenters. The van der Waals surface area contributed by atoms with E-state index < -0.39 is 8.32 Å². The summed E-state index contributed by atoms with van der Waals surface area (Å²) in [5.41, 5.74) is 0.538. The number of alkyl halides is 1. The molecule has 2 fully saturated rings. The Morgan fingerprint density at radius 2 is 1.86 bits per heavy atom. The quantitative estimate of drug-likeness (QED) is 0.272. The van der Waals surface area contributed by atoms with Crippen molar-refractivity contribution in [2.45, 2.75) is 91.0 Å². The van der Waals surface area contributed by atoms with E-state index in [1.807, 2.05) is 0 Å². The third kappa shape index (κ3) is 3.46. The Labute approximate surface area is 153 Å². The van der Waals surface area contributed by atoms with Crippen LogP contribution in [0.4, 0.5) is 0 Å². The Hall–Kier alpha value is 0.907. The Bertz CT molecular complexity index is 389. The Morgan fingerprint density at radius 3 is 2.41 bits per heavy atom. The van der Waals surface area contributed by atoms with Crippen molar-refractivity contribution in [3.8, 4) is 0 Å². The molecule has 2 aliphatic rings. The van der Waals surface area contributed by atoms with E-state index >= 15 is 0 Å². The van der Waals surface area contributed by atoms with E-state index in [1.165, 1.54) is 36.5 Å². The zero-order valence-corrected chi connectivity index (χ0v) is 19.0. The predicted molar refractivity (Wildman–Crippen MR) is 108 cm³/mol. The molecule has 130 valence electrons. The molecule has 0 N–H and O–H groups in total. The van der Waals surface area contributed by atoms with Gasteiger partial charge in [0.05, 0.1) is 0 Å². The summed E-state index contributed by atoms with van der Waals surface area (Å²) in [5, 5.41) is 0.328. The SMILES string of the molecule is C[C@@H](CI)[C@H]1CC[C@H]2C(O[Si](C)(C)C(C)(C)C)CCC[C@]12C. The van der Waals surface area contributed by atoms with Gasteiger partial charge in [0.15, 0.2) is 8.32 Å². The van der Waals surface area contributed by atoms with Gasteiger partial charge in [-0.1, -0.05) is 63.6 Å². The minimum Gasteiger partial charge on any atom is -0.414 e. The van der Waals surface area contributed by atoms with Gasteiger partial charge in [-0.2, -0.15) is 0 Å². The lowest BCUT2D eigenvalue weighted by atomic mass is 9.62. The number of fused-ring (bicyclic) bond motifs is 1. The number of hydrogen-bond donors (Lipinski definition) is 0. The zero-order chi connectivity index (χ0) is 16.8. The van der Waals surface area contributed by atoms with Crippen molar-refractivity contribution in [3.63, 3.8) is 0 Å². The second kappa shape index (κ2) is 6.66. The molecule has 2 saturated carbocycles. The lowest BCUT2D eigenvalue weighted by Gasteiger charge is -2.49. The van der Waals surface area contributed by atoms with Crippen LogP contribution in [0, 0.1) is 23.2 Å². The predicted octanol–water partition coefficient (Wildman–Crippen LogP) is 6.66. The average molecular weight is 436 g/mol. The Balaban J connectivity index is 2.17. The largest absolute Gasteiger partial charge is 0.414 e. The molecule has 0 saturated heterocycles. The third-order valence-electron chi connectivity index (χ3n) is 7.32. The maximum absolute atomic E-state index is 6.92. The van der Waals surface area contributed by atoms with E-state index in [1.54, 1.807) is 0 Å². The summed E-state index contributed by atoms with van der Waals surface area (Å²) in [5.74, 6) is 2.59. The van der Waals surface area contributed by atoms with Crippen molar-refractivity contribution in [1.29, 1.82) is 0 Å².